The summed E-state index contributed by atoms with van der Waals surface area (Å²) in [6.07, 6.45) is -0.389. The second-order valence-corrected chi connectivity index (χ2v) is 2.87. The Bertz CT molecular complexity index is 163. The molecule has 96 valence electrons. The van der Waals surface area contributed by atoms with Gasteiger partial charge in [0.25, 0.3) is 0 Å². The van der Waals surface area contributed by atoms with Crippen LogP contribution in [0.4, 0.5) is 4.79 Å². The summed E-state index contributed by atoms with van der Waals surface area (Å²) < 4.78 is 0. The molecule has 0 saturated carbocycles. The number of carbonyl (C=O) groups excluding carboxylic acids is 2. The van der Waals surface area contributed by atoms with Gasteiger partial charge >= 0.3 is 6.16 Å². The molecule has 0 radical (unpaired) electrons. The summed E-state index contributed by atoms with van der Waals surface area (Å²) in [5.41, 5.74) is 0. The molecule has 0 rings (SSSR count). The first kappa shape index (κ1) is 20.0. The van der Waals surface area contributed by atoms with Crippen LogP contribution in [0.25, 0.3) is 0 Å². The Morgan fingerprint density at radius 3 is 1.19 bits per heavy atom. The molecule has 0 fully saturated rings. The maximum absolute atomic E-state index is 9.58. The minimum absolute atomic E-state index is 0.0382. The lowest BCUT2D eigenvalue weighted by atomic mass is 10.2. The van der Waals surface area contributed by atoms with Gasteiger partial charge < -0.3 is 30.0 Å². The summed E-state index contributed by atoms with van der Waals surface area (Å²) in [4.78, 5) is 27.7. The molecule has 0 amide bonds. The van der Waals surface area contributed by atoms with Gasteiger partial charge in [-0.1, -0.05) is 13.8 Å². The fourth-order valence-electron chi connectivity index (χ4n) is 0.0861. The van der Waals surface area contributed by atoms with Crippen LogP contribution >= 0.6 is 0 Å². The quantitative estimate of drug-likeness (QED) is 0.500. The van der Waals surface area contributed by atoms with Crippen molar-refractivity contribution in [2.24, 2.45) is 11.8 Å². The van der Waals surface area contributed by atoms with Gasteiger partial charge in [0.2, 0.25) is 0 Å². The van der Waals surface area contributed by atoms with Crippen molar-refractivity contribution in [1.29, 1.82) is 0 Å². The lowest BCUT2D eigenvalue weighted by molar-refractivity contribution is -0.112. The number of hydrogen-bond donors (Lipinski definition) is 4. The molecule has 0 spiro atoms. The number of carboxylic acid groups (broad SMARTS) is 2. The first-order valence-corrected chi connectivity index (χ1v) is 4.39. The van der Waals surface area contributed by atoms with Gasteiger partial charge in [-0.3, -0.25) is 0 Å². The van der Waals surface area contributed by atoms with Crippen LogP contribution in [0.3, 0.4) is 0 Å². The zero-order valence-corrected chi connectivity index (χ0v) is 9.24. The first-order valence-electron chi connectivity index (χ1n) is 4.39. The molecule has 0 saturated heterocycles. The van der Waals surface area contributed by atoms with E-state index in [2.05, 4.69) is 0 Å². The molecule has 0 heterocycles. The highest BCUT2D eigenvalue weighted by molar-refractivity contribution is 5.53. The second kappa shape index (κ2) is 16.0. The molecule has 16 heavy (non-hydrogen) atoms. The Kier molecular flexibility index (Phi) is 20.0. The number of aliphatic hydroxyl groups is 2. The summed E-state index contributed by atoms with van der Waals surface area (Å²) in [5, 5.41) is 30.2. The molecular weight excluding hydrogens is 220 g/mol. The summed E-state index contributed by atoms with van der Waals surface area (Å²) >= 11 is 0. The summed E-state index contributed by atoms with van der Waals surface area (Å²) in [6, 6.07) is 0. The van der Waals surface area contributed by atoms with Crippen LogP contribution in [0.2, 0.25) is 0 Å². The van der Waals surface area contributed by atoms with Crippen molar-refractivity contribution in [3.8, 4) is 0 Å². The zero-order chi connectivity index (χ0) is 13.6. The lowest BCUT2D eigenvalue weighted by Crippen LogP contribution is -1.99. The van der Waals surface area contributed by atoms with Crippen molar-refractivity contribution in [1.82, 2.24) is 0 Å². The van der Waals surface area contributed by atoms with Crippen LogP contribution < -0.4 is 0 Å². The van der Waals surface area contributed by atoms with Gasteiger partial charge in [0, 0.05) is 11.8 Å². The van der Waals surface area contributed by atoms with E-state index >= 15 is 0 Å². The third kappa shape index (κ3) is 39.1. The topological polar surface area (TPSA) is 132 Å². The smallest absolute Gasteiger partial charge is 0.450 e. The maximum Gasteiger partial charge on any atom is 0.503 e. The Morgan fingerprint density at radius 2 is 1.19 bits per heavy atom. The minimum Gasteiger partial charge on any atom is -0.450 e. The van der Waals surface area contributed by atoms with E-state index in [1.54, 1.807) is 13.8 Å². The predicted octanol–water partition coefficient (Wildman–Crippen LogP) is -0.150. The molecule has 0 aromatic rings. The van der Waals surface area contributed by atoms with E-state index in [4.69, 9.17) is 25.2 Å². The van der Waals surface area contributed by atoms with Gasteiger partial charge in [-0.2, -0.15) is 0 Å². The highest BCUT2D eigenvalue weighted by Gasteiger charge is 1.91. The van der Waals surface area contributed by atoms with Crippen molar-refractivity contribution < 1.29 is 34.8 Å². The van der Waals surface area contributed by atoms with E-state index in [0.29, 0.717) is 0 Å². The molecule has 0 aliphatic carbocycles. The summed E-state index contributed by atoms with van der Waals surface area (Å²) in [7, 11) is 0. The monoisotopic (exact) mass is 238 g/mol. The Morgan fingerprint density at radius 1 is 1.00 bits per heavy atom. The third-order valence-corrected chi connectivity index (χ3v) is 1.04. The number of hydrogen-bond acceptors (Lipinski definition) is 5. The van der Waals surface area contributed by atoms with Gasteiger partial charge in [0.05, 0.1) is 13.2 Å². The largest absolute Gasteiger partial charge is 0.503 e. The minimum atomic E-state index is -1.83. The molecule has 7 heteroatoms. The molecule has 4 N–H and O–H groups in total. The van der Waals surface area contributed by atoms with E-state index in [0.717, 1.165) is 12.6 Å². The second-order valence-electron chi connectivity index (χ2n) is 2.87. The molecule has 2 unspecified atom stereocenters. The molecule has 0 bridgehead atoms. The highest BCUT2D eigenvalue weighted by atomic mass is 16.6. The Labute approximate surface area is 93.3 Å². The van der Waals surface area contributed by atoms with Crippen LogP contribution in [0, 0.1) is 11.8 Å². The fraction of sp³-hybridized carbons (Fsp3) is 0.667. The van der Waals surface area contributed by atoms with Gasteiger partial charge in [-0.25, -0.2) is 4.79 Å². The first-order chi connectivity index (χ1) is 7.35. The standard InChI is InChI=1S/2C4H8O2.CH2O3/c2*1-4(2-5)3-6;2-1(3)4/h2*2,4,6H,3H2,1H3;(H2,2,3,4). The number of carbonyl (C=O) groups is 3. The molecule has 0 aromatic heterocycles. The van der Waals surface area contributed by atoms with Crippen molar-refractivity contribution in [3.05, 3.63) is 0 Å². The van der Waals surface area contributed by atoms with E-state index < -0.39 is 6.16 Å². The average Bonchev–Trinajstić information content (AvgIpc) is 2.26. The zero-order valence-electron chi connectivity index (χ0n) is 9.24. The Hall–Kier alpha value is -1.47. The number of rotatable bonds is 4. The van der Waals surface area contributed by atoms with Crippen molar-refractivity contribution in [2.45, 2.75) is 13.8 Å². The van der Waals surface area contributed by atoms with Crippen LogP contribution in [-0.2, 0) is 9.59 Å². The molecular formula is C9H18O7. The summed E-state index contributed by atoms with van der Waals surface area (Å²) in [6.45, 7) is 3.24. The summed E-state index contributed by atoms with van der Waals surface area (Å²) in [5.74, 6) is -0.380. The van der Waals surface area contributed by atoms with Crippen LogP contribution in [0.15, 0.2) is 0 Å². The van der Waals surface area contributed by atoms with E-state index in [1.165, 1.54) is 0 Å². The fourth-order valence-corrected chi connectivity index (χ4v) is 0.0861. The normalized spacial score (nSPS) is 11.8. The SMILES string of the molecule is CC(C=O)CO.CC(C=O)CO.O=C(O)O. The predicted molar refractivity (Wildman–Crippen MR) is 55.3 cm³/mol. The van der Waals surface area contributed by atoms with Gasteiger partial charge in [0.15, 0.2) is 0 Å². The average molecular weight is 238 g/mol. The van der Waals surface area contributed by atoms with E-state index in [9.17, 15) is 9.59 Å². The van der Waals surface area contributed by atoms with Crippen LogP contribution in [0.5, 0.6) is 0 Å². The molecule has 2 atom stereocenters. The van der Waals surface area contributed by atoms with Crippen molar-refractivity contribution in [2.75, 3.05) is 13.2 Å². The van der Waals surface area contributed by atoms with Crippen molar-refractivity contribution >= 4 is 18.7 Å². The third-order valence-electron chi connectivity index (χ3n) is 1.04. The molecule has 0 aliphatic rings. The number of aldehydes is 2. The van der Waals surface area contributed by atoms with E-state index in [-0.39, 0.29) is 25.0 Å². The lowest BCUT2D eigenvalue weighted by Gasteiger charge is -1.89. The number of aliphatic hydroxyl groups excluding tert-OH is 2. The van der Waals surface area contributed by atoms with Gasteiger partial charge in [-0.15, -0.1) is 0 Å². The van der Waals surface area contributed by atoms with E-state index in [1.807, 2.05) is 0 Å². The highest BCUT2D eigenvalue weighted by Crippen LogP contribution is 1.81. The molecule has 0 aliphatic heterocycles. The molecule has 0 aromatic carbocycles. The molecule has 7 nitrogen and oxygen atoms in total. The van der Waals surface area contributed by atoms with Crippen LogP contribution in [0.1, 0.15) is 13.8 Å². The van der Waals surface area contributed by atoms with Crippen molar-refractivity contribution in [3.63, 3.8) is 0 Å². The van der Waals surface area contributed by atoms with Crippen LogP contribution in [-0.4, -0.2) is 52.4 Å². The van der Waals surface area contributed by atoms with Gasteiger partial charge in [0.1, 0.15) is 12.6 Å². The van der Waals surface area contributed by atoms with Gasteiger partial charge in [-0.05, 0) is 0 Å². The maximum atomic E-state index is 9.58. The Balaban J connectivity index is -0.000000162.